The zero-order valence-corrected chi connectivity index (χ0v) is 16.8. The Hall–Kier alpha value is -2.19. The fourth-order valence-electron chi connectivity index (χ4n) is 3.02. The zero-order valence-electron chi connectivity index (χ0n) is 15.2. The lowest BCUT2D eigenvalue weighted by molar-refractivity contribution is 0.0988. The predicted molar refractivity (Wildman–Crippen MR) is 105 cm³/mol. The van der Waals surface area contributed by atoms with Gasteiger partial charge in [0, 0.05) is 18.3 Å². The Morgan fingerprint density at radius 1 is 1.35 bits per heavy atom. The van der Waals surface area contributed by atoms with Gasteiger partial charge in [0.25, 0.3) is 5.56 Å². The van der Waals surface area contributed by atoms with Crippen molar-refractivity contribution in [1.29, 1.82) is 0 Å². The van der Waals surface area contributed by atoms with E-state index in [4.69, 9.17) is 0 Å². The van der Waals surface area contributed by atoms with Crippen LogP contribution in [-0.4, -0.2) is 31.4 Å². The second-order valence-corrected chi connectivity index (χ2v) is 8.41. The Bertz CT molecular complexity index is 1090. The SMILES string of the molecule is CC(=O)c1c(C)[nH]c(C(=O)C(C)Sc2nc3sccc3c(=O)n2C)c1C. The van der Waals surface area contributed by atoms with Gasteiger partial charge in [-0.3, -0.25) is 19.0 Å². The van der Waals surface area contributed by atoms with Gasteiger partial charge in [0.05, 0.1) is 16.3 Å². The summed E-state index contributed by atoms with van der Waals surface area (Å²) >= 11 is 2.64. The first-order valence-electron chi connectivity index (χ1n) is 8.07. The highest BCUT2D eigenvalue weighted by Crippen LogP contribution is 2.28. The number of hydrogen-bond acceptors (Lipinski definition) is 6. The van der Waals surface area contributed by atoms with Crippen LogP contribution in [0.4, 0.5) is 0 Å². The van der Waals surface area contributed by atoms with Crippen LogP contribution in [0, 0.1) is 13.8 Å². The van der Waals surface area contributed by atoms with Crippen molar-refractivity contribution in [3.63, 3.8) is 0 Å². The number of H-pyrrole nitrogens is 1. The average Bonchev–Trinajstić information content (AvgIpc) is 3.15. The van der Waals surface area contributed by atoms with Crippen LogP contribution in [0.15, 0.2) is 21.4 Å². The minimum atomic E-state index is -0.456. The highest BCUT2D eigenvalue weighted by Gasteiger charge is 2.25. The second kappa shape index (κ2) is 6.85. The molecule has 136 valence electrons. The van der Waals surface area contributed by atoms with Gasteiger partial charge >= 0.3 is 0 Å². The first-order valence-corrected chi connectivity index (χ1v) is 9.83. The molecule has 0 saturated carbocycles. The Morgan fingerprint density at radius 3 is 2.65 bits per heavy atom. The van der Waals surface area contributed by atoms with Crippen LogP contribution < -0.4 is 5.56 Å². The number of aromatic nitrogens is 3. The van der Waals surface area contributed by atoms with Crippen LogP contribution in [0.5, 0.6) is 0 Å². The third-order valence-electron chi connectivity index (χ3n) is 4.35. The molecular weight excluding hydrogens is 370 g/mol. The lowest BCUT2D eigenvalue weighted by Gasteiger charge is -2.12. The van der Waals surface area contributed by atoms with Gasteiger partial charge in [-0.2, -0.15) is 0 Å². The summed E-state index contributed by atoms with van der Waals surface area (Å²) in [6.07, 6.45) is 0. The van der Waals surface area contributed by atoms with E-state index in [0.29, 0.717) is 37.9 Å². The van der Waals surface area contributed by atoms with Crippen molar-refractivity contribution in [3.05, 3.63) is 44.3 Å². The quantitative estimate of drug-likeness (QED) is 0.410. The molecule has 1 atom stereocenters. The van der Waals surface area contributed by atoms with Crippen molar-refractivity contribution in [2.75, 3.05) is 0 Å². The third-order valence-corrected chi connectivity index (χ3v) is 6.30. The van der Waals surface area contributed by atoms with Crippen LogP contribution in [-0.2, 0) is 7.05 Å². The largest absolute Gasteiger partial charge is 0.355 e. The van der Waals surface area contributed by atoms with Crippen molar-refractivity contribution in [2.24, 2.45) is 7.05 Å². The van der Waals surface area contributed by atoms with E-state index in [2.05, 4.69) is 9.97 Å². The molecule has 0 saturated heterocycles. The maximum atomic E-state index is 12.9. The summed E-state index contributed by atoms with van der Waals surface area (Å²) in [5.74, 6) is -0.188. The molecule has 0 aliphatic heterocycles. The number of carbonyl (C=O) groups excluding carboxylic acids is 2. The number of Topliss-reactive ketones (excluding diaryl/α,β-unsaturated/α-hetero) is 2. The van der Waals surface area contributed by atoms with Crippen LogP contribution in [0.1, 0.15) is 46.0 Å². The van der Waals surface area contributed by atoms with E-state index in [-0.39, 0.29) is 17.1 Å². The van der Waals surface area contributed by atoms with E-state index in [9.17, 15) is 14.4 Å². The maximum Gasteiger partial charge on any atom is 0.262 e. The molecule has 0 radical (unpaired) electrons. The molecule has 26 heavy (non-hydrogen) atoms. The average molecular weight is 390 g/mol. The lowest BCUT2D eigenvalue weighted by atomic mass is 10.0. The molecule has 3 heterocycles. The fraction of sp³-hybridized carbons (Fsp3) is 0.333. The topological polar surface area (TPSA) is 84.8 Å². The number of nitrogens with one attached hydrogen (secondary N) is 1. The maximum absolute atomic E-state index is 12.9. The van der Waals surface area contributed by atoms with Crippen molar-refractivity contribution in [2.45, 2.75) is 38.1 Å². The summed E-state index contributed by atoms with van der Waals surface area (Å²) in [5, 5.41) is 2.46. The molecule has 0 aliphatic carbocycles. The molecule has 0 aromatic carbocycles. The second-order valence-electron chi connectivity index (χ2n) is 6.20. The molecule has 0 amide bonds. The van der Waals surface area contributed by atoms with Crippen LogP contribution in [0.25, 0.3) is 10.2 Å². The van der Waals surface area contributed by atoms with Crippen molar-refractivity contribution < 1.29 is 9.59 Å². The molecule has 0 bridgehead atoms. The standard InChI is InChI=1S/C18H19N3O3S2/c1-8-13(10(3)22)9(2)19-14(8)15(23)11(4)26-18-20-16-12(6-7-25-16)17(24)21(18)5/h6-7,11,19H,1-5H3. The summed E-state index contributed by atoms with van der Waals surface area (Å²) in [5.41, 5.74) is 2.25. The summed E-state index contributed by atoms with van der Waals surface area (Å²) in [7, 11) is 1.66. The first-order chi connectivity index (χ1) is 12.2. The summed E-state index contributed by atoms with van der Waals surface area (Å²) < 4.78 is 1.47. The van der Waals surface area contributed by atoms with Gasteiger partial charge in [-0.15, -0.1) is 11.3 Å². The van der Waals surface area contributed by atoms with E-state index in [1.165, 1.54) is 34.6 Å². The molecule has 1 unspecified atom stereocenters. The number of carbonyl (C=O) groups is 2. The number of nitrogens with zero attached hydrogens (tertiary/aromatic N) is 2. The van der Waals surface area contributed by atoms with Crippen LogP contribution in [0.3, 0.4) is 0 Å². The van der Waals surface area contributed by atoms with Gasteiger partial charge in [0.15, 0.2) is 16.7 Å². The molecule has 0 fully saturated rings. The van der Waals surface area contributed by atoms with Gasteiger partial charge in [-0.1, -0.05) is 11.8 Å². The van der Waals surface area contributed by atoms with Crippen LogP contribution in [0.2, 0.25) is 0 Å². The minimum Gasteiger partial charge on any atom is -0.355 e. The normalized spacial score (nSPS) is 12.5. The Morgan fingerprint density at radius 2 is 2.04 bits per heavy atom. The van der Waals surface area contributed by atoms with Crippen molar-refractivity contribution in [3.8, 4) is 0 Å². The third kappa shape index (κ3) is 3.03. The molecule has 0 aliphatic rings. The number of ketones is 2. The molecule has 0 spiro atoms. The van der Waals surface area contributed by atoms with Crippen LogP contribution >= 0.6 is 23.1 Å². The fourth-order valence-corrected chi connectivity index (χ4v) is 4.76. The molecule has 6 nitrogen and oxygen atoms in total. The van der Waals surface area contributed by atoms with E-state index in [0.717, 1.165) is 0 Å². The van der Waals surface area contributed by atoms with Gasteiger partial charge < -0.3 is 4.98 Å². The molecule has 8 heteroatoms. The summed E-state index contributed by atoms with van der Waals surface area (Å²) in [6.45, 7) is 6.83. The molecule has 3 aromatic heterocycles. The van der Waals surface area contributed by atoms with E-state index in [1.807, 2.05) is 5.38 Å². The van der Waals surface area contributed by atoms with Gasteiger partial charge in [0.2, 0.25) is 0 Å². The molecule has 3 aromatic rings. The number of aromatic amines is 1. The lowest BCUT2D eigenvalue weighted by Crippen LogP contribution is -2.22. The predicted octanol–water partition coefficient (Wildman–Crippen LogP) is 3.51. The van der Waals surface area contributed by atoms with Gasteiger partial charge in [-0.25, -0.2) is 4.98 Å². The number of thioether (sulfide) groups is 1. The number of aryl methyl sites for hydroxylation is 1. The number of rotatable bonds is 5. The van der Waals surface area contributed by atoms with E-state index < -0.39 is 5.25 Å². The number of fused-ring (bicyclic) bond motifs is 1. The molecule has 3 rings (SSSR count). The zero-order chi connectivity index (χ0) is 19.2. The Balaban J connectivity index is 1.94. The highest BCUT2D eigenvalue weighted by molar-refractivity contribution is 8.00. The number of thiophene rings is 1. The van der Waals surface area contributed by atoms with E-state index >= 15 is 0 Å². The van der Waals surface area contributed by atoms with Gasteiger partial charge in [-0.05, 0) is 44.7 Å². The monoisotopic (exact) mass is 389 g/mol. The smallest absolute Gasteiger partial charge is 0.262 e. The van der Waals surface area contributed by atoms with E-state index in [1.54, 1.807) is 33.9 Å². The molecular formula is C18H19N3O3S2. The molecule has 1 N–H and O–H groups in total. The summed E-state index contributed by atoms with van der Waals surface area (Å²) in [4.78, 5) is 45.3. The summed E-state index contributed by atoms with van der Waals surface area (Å²) in [6, 6.07) is 1.76. The number of hydrogen-bond donors (Lipinski definition) is 1. The first kappa shape index (κ1) is 18.6. The van der Waals surface area contributed by atoms with Crippen molar-refractivity contribution in [1.82, 2.24) is 14.5 Å². The van der Waals surface area contributed by atoms with Crippen molar-refractivity contribution >= 4 is 44.9 Å². The highest BCUT2D eigenvalue weighted by atomic mass is 32.2. The Labute approximate surface area is 158 Å². The van der Waals surface area contributed by atoms with Gasteiger partial charge in [0.1, 0.15) is 4.83 Å². The minimum absolute atomic E-state index is 0.0668. The Kier molecular flexibility index (Phi) is 4.90.